The van der Waals surface area contributed by atoms with Crippen molar-refractivity contribution in [2.24, 2.45) is 11.8 Å². The second kappa shape index (κ2) is 5.30. The van der Waals surface area contributed by atoms with Crippen LogP contribution in [0.25, 0.3) is 0 Å². The number of carbonyl (C=O) groups is 3. The summed E-state index contributed by atoms with van der Waals surface area (Å²) in [7, 11) is 1.59. The summed E-state index contributed by atoms with van der Waals surface area (Å²) >= 11 is 0. The van der Waals surface area contributed by atoms with Crippen LogP contribution in [-0.4, -0.2) is 30.6 Å². The third kappa shape index (κ3) is 2.86. The monoisotopic (exact) mass is 307 g/mol. The zero-order valence-electron chi connectivity index (χ0n) is 12.5. The van der Waals surface area contributed by atoms with Gasteiger partial charge in [0.15, 0.2) is 5.78 Å². The number of nitrogens with two attached hydrogens (primary N) is 2. The van der Waals surface area contributed by atoms with Crippen molar-refractivity contribution in [2.45, 2.75) is 19.6 Å². The van der Waals surface area contributed by atoms with Gasteiger partial charge in [-0.3, -0.25) is 14.4 Å². The molecule has 118 valence electrons. The van der Waals surface area contributed by atoms with Gasteiger partial charge in [-0.25, -0.2) is 5.84 Å². The molecule has 1 aliphatic rings. The highest BCUT2D eigenvalue weighted by Crippen LogP contribution is 2.28. The molecule has 2 rings (SSSR count). The molecule has 0 amide bonds. The molecule has 1 heterocycles. The van der Waals surface area contributed by atoms with Gasteiger partial charge >= 0.3 is 11.9 Å². The van der Waals surface area contributed by atoms with Gasteiger partial charge in [-0.2, -0.15) is 0 Å². The molecule has 1 aliphatic heterocycles. The minimum Gasteiger partial charge on any atom is -0.422 e. The van der Waals surface area contributed by atoms with Gasteiger partial charge in [-0.05, 0) is 18.2 Å². The topological polar surface area (TPSA) is 125 Å². The van der Waals surface area contributed by atoms with Gasteiger partial charge in [0.2, 0.25) is 5.92 Å². The first-order valence-electron chi connectivity index (χ1n) is 6.50. The number of nitrogens with zero attached hydrogens (tertiary/aromatic N) is 1. The lowest BCUT2D eigenvalue weighted by Crippen LogP contribution is -2.49. The Morgan fingerprint density at radius 3 is 2.23 bits per heavy atom. The van der Waals surface area contributed by atoms with Crippen molar-refractivity contribution in [1.29, 1.82) is 0 Å². The van der Waals surface area contributed by atoms with E-state index in [1.165, 1.54) is 37.1 Å². The van der Waals surface area contributed by atoms with Crippen LogP contribution in [0.1, 0.15) is 24.2 Å². The number of rotatable bonds is 3. The maximum absolute atomic E-state index is 12.4. The lowest BCUT2D eigenvalue weighted by Gasteiger charge is -2.32. The molecule has 1 saturated heterocycles. The second-order valence-corrected chi connectivity index (χ2v) is 5.42. The van der Waals surface area contributed by atoms with Gasteiger partial charge in [0.1, 0.15) is 0 Å². The van der Waals surface area contributed by atoms with Crippen LogP contribution < -0.4 is 16.6 Å². The third-order valence-corrected chi connectivity index (χ3v) is 3.12. The highest BCUT2D eigenvalue weighted by Gasteiger charge is 2.47. The molecule has 8 heteroatoms. The number of hydrogen-bond acceptors (Lipinski definition) is 8. The Balaban J connectivity index is 2.30. The lowest BCUT2D eigenvalue weighted by atomic mass is 9.96. The predicted octanol–water partition coefficient (Wildman–Crippen LogP) is 0.214. The van der Waals surface area contributed by atoms with E-state index >= 15 is 0 Å². The molecule has 0 aromatic heterocycles. The summed E-state index contributed by atoms with van der Waals surface area (Å²) in [5, 5.41) is 1.29. The van der Waals surface area contributed by atoms with Crippen LogP contribution in [-0.2, 0) is 19.1 Å². The standard InChI is InChI=1S/C14H17N3O5/c1-14(2)21-12(19)10(13(20)22-14)11(18)7-4-5-9(17(3)16)8(15)6-7/h4-6,10H,15-16H2,1-3H3. The highest BCUT2D eigenvalue weighted by atomic mass is 16.7. The fourth-order valence-corrected chi connectivity index (χ4v) is 2.13. The minimum atomic E-state index is -1.64. The van der Waals surface area contributed by atoms with Gasteiger partial charge in [-0.15, -0.1) is 0 Å². The molecular formula is C14H17N3O5. The molecule has 8 nitrogen and oxygen atoms in total. The summed E-state index contributed by atoms with van der Waals surface area (Å²) < 4.78 is 9.86. The molecule has 4 N–H and O–H groups in total. The molecular weight excluding hydrogens is 290 g/mol. The van der Waals surface area contributed by atoms with Crippen LogP contribution in [0.5, 0.6) is 0 Å². The summed E-state index contributed by atoms with van der Waals surface area (Å²) in [5.74, 6) is -0.0586. The van der Waals surface area contributed by atoms with Gasteiger partial charge in [0, 0.05) is 26.5 Å². The van der Waals surface area contributed by atoms with Crippen molar-refractivity contribution in [3.05, 3.63) is 23.8 Å². The van der Waals surface area contributed by atoms with Crippen molar-refractivity contribution in [1.82, 2.24) is 0 Å². The Labute approximate surface area is 126 Å². The van der Waals surface area contributed by atoms with E-state index in [0.717, 1.165) is 0 Å². The number of hydrazine groups is 1. The molecule has 0 atom stereocenters. The van der Waals surface area contributed by atoms with Crippen molar-refractivity contribution in [3.8, 4) is 0 Å². The molecule has 0 spiro atoms. The van der Waals surface area contributed by atoms with Crippen LogP contribution in [0.2, 0.25) is 0 Å². The van der Waals surface area contributed by atoms with E-state index in [4.69, 9.17) is 21.1 Å². The van der Waals surface area contributed by atoms with E-state index in [2.05, 4.69) is 0 Å². The number of Topliss-reactive ketones (excluding diaryl/α,β-unsaturated/α-hetero) is 1. The number of carbonyl (C=O) groups excluding carboxylic acids is 3. The van der Waals surface area contributed by atoms with Gasteiger partial charge in [0.25, 0.3) is 5.79 Å². The number of benzene rings is 1. The molecule has 1 aromatic rings. The fraction of sp³-hybridized carbons (Fsp3) is 0.357. The van der Waals surface area contributed by atoms with E-state index in [1.807, 2.05) is 0 Å². The maximum atomic E-state index is 12.4. The van der Waals surface area contributed by atoms with Crippen LogP contribution in [0.15, 0.2) is 18.2 Å². The predicted molar refractivity (Wildman–Crippen MR) is 77.5 cm³/mol. The number of ether oxygens (including phenoxy) is 2. The Hall–Kier alpha value is -2.61. The van der Waals surface area contributed by atoms with Crippen LogP contribution in [0.3, 0.4) is 0 Å². The smallest absolute Gasteiger partial charge is 0.331 e. The summed E-state index contributed by atoms with van der Waals surface area (Å²) in [6.07, 6.45) is 0. The first-order valence-corrected chi connectivity index (χ1v) is 6.50. The van der Waals surface area contributed by atoms with E-state index in [1.54, 1.807) is 7.05 Å². The quantitative estimate of drug-likeness (QED) is 0.203. The number of esters is 2. The lowest BCUT2D eigenvalue weighted by molar-refractivity contribution is -0.236. The summed E-state index contributed by atoms with van der Waals surface area (Å²) in [6, 6.07) is 4.30. The number of anilines is 2. The van der Waals surface area contributed by atoms with E-state index in [9.17, 15) is 14.4 Å². The van der Waals surface area contributed by atoms with E-state index in [0.29, 0.717) is 5.69 Å². The Morgan fingerprint density at radius 1 is 1.23 bits per heavy atom. The molecule has 22 heavy (non-hydrogen) atoms. The molecule has 1 aromatic carbocycles. The SMILES string of the molecule is CN(N)c1ccc(C(=O)C2C(=O)OC(C)(C)OC2=O)cc1N. The molecule has 0 unspecified atom stereocenters. The Bertz CT molecular complexity index is 634. The number of cyclic esters (lactones) is 2. The average Bonchev–Trinajstić information content (AvgIpc) is 2.35. The van der Waals surface area contributed by atoms with E-state index < -0.39 is 29.4 Å². The van der Waals surface area contributed by atoms with Crippen molar-refractivity contribution < 1.29 is 23.9 Å². The van der Waals surface area contributed by atoms with Crippen LogP contribution in [0, 0.1) is 5.92 Å². The van der Waals surface area contributed by atoms with Crippen LogP contribution >= 0.6 is 0 Å². The third-order valence-electron chi connectivity index (χ3n) is 3.12. The second-order valence-electron chi connectivity index (χ2n) is 5.42. The molecule has 1 fully saturated rings. The largest absolute Gasteiger partial charge is 0.422 e. The van der Waals surface area contributed by atoms with Gasteiger partial charge in [-0.1, -0.05) is 0 Å². The summed E-state index contributed by atoms with van der Waals surface area (Å²) in [6.45, 7) is 2.82. The van der Waals surface area contributed by atoms with Crippen LogP contribution in [0.4, 0.5) is 11.4 Å². The average molecular weight is 307 g/mol. The zero-order valence-corrected chi connectivity index (χ0v) is 12.5. The normalized spacial score (nSPS) is 17.6. The Morgan fingerprint density at radius 2 is 1.77 bits per heavy atom. The molecule has 0 radical (unpaired) electrons. The number of hydrogen-bond donors (Lipinski definition) is 2. The molecule has 0 bridgehead atoms. The van der Waals surface area contributed by atoms with Crippen molar-refractivity contribution in [3.63, 3.8) is 0 Å². The molecule has 0 aliphatic carbocycles. The van der Waals surface area contributed by atoms with Gasteiger partial charge < -0.3 is 20.2 Å². The maximum Gasteiger partial charge on any atom is 0.331 e. The molecule has 0 saturated carbocycles. The first kappa shape index (κ1) is 15.8. The zero-order chi connectivity index (χ0) is 16.7. The van der Waals surface area contributed by atoms with Crippen molar-refractivity contribution in [2.75, 3.05) is 17.8 Å². The van der Waals surface area contributed by atoms with Gasteiger partial charge in [0.05, 0.1) is 11.4 Å². The minimum absolute atomic E-state index is 0.0988. The number of ketones is 1. The fourth-order valence-electron chi connectivity index (χ4n) is 2.13. The Kier molecular flexibility index (Phi) is 3.80. The number of nitrogen functional groups attached to an aromatic ring is 1. The summed E-state index contributed by atoms with van der Waals surface area (Å²) in [4.78, 5) is 36.1. The highest BCUT2D eigenvalue weighted by molar-refractivity contribution is 6.21. The first-order chi connectivity index (χ1) is 10.1. The van der Waals surface area contributed by atoms with E-state index in [-0.39, 0.29) is 11.3 Å². The van der Waals surface area contributed by atoms with Crippen molar-refractivity contribution >= 4 is 29.1 Å². The summed E-state index contributed by atoms with van der Waals surface area (Å²) in [5.41, 5.74) is 6.64.